The Morgan fingerprint density at radius 2 is 1.57 bits per heavy atom. The zero-order chi connectivity index (χ0) is 15.4. The first kappa shape index (κ1) is 16.9. The van der Waals surface area contributed by atoms with Crippen LogP contribution in [0.4, 0.5) is 0 Å². The highest BCUT2D eigenvalue weighted by Crippen LogP contribution is 2.40. The first-order valence-electron chi connectivity index (χ1n) is 6.67. The second kappa shape index (κ2) is 7.71. The van der Waals surface area contributed by atoms with Crippen LogP contribution in [-0.4, -0.2) is 6.54 Å². The third-order valence-corrected chi connectivity index (χ3v) is 4.19. The van der Waals surface area contributed by atoms with Crippen molar-refractivity contribution in [2.24, 2.45) is 0 Å². The molecular formula is C16H15Cl4N. The lowest BCUT2D eigenvalue weighted by molar-refractivity contribution is 0.675. The molecule has 0 saturated carbocycles. The van der Waals surface area contributed by atoms with Gasteiger partial charge in [0.15, 0.2) is 0 Å². The van der Waals surface area contributed by atoms with E-state index in [4.69, 9.17) is 46.4 Å². The van der Waals surface area contributed by atoms with Crippen LogP contribution in [0, 0.1) is 0 Å². The molecule has 0 fully saturated rings. The van der Waals surface area contributed by atoms with Gasteiger partial charge in [-0.25, -0.2) is 0 Å². The molecule has 0 atom stereocenters. The molecule has 0 spiro atoms. The van der Waals surface area contributed by atoms with Crippen LogP contribution in [-0.2, 0) is 6.54 Å². The monoisotopic (exact) mass is 361 g/mol. The number of hydrogen-bond donors (Lipinski definition) is 1. The minimum absolute atomic E-state index is 0.492. The maximum atomic E-state index is 6.38. The molecule has 0 aliphatic rings. The Hall–Kier alpha value is -0.440. The summed E-state index contributed by atoms with van der Waals surface area (Å²) < 4.78 is 0. The van der Waals surface area contributed by atoms with E-state index < -0.39 is 0 Å². The van der Waals surface area contributed by atoms with Crippen molar-refractivity contribution < 1.29 is 0 Å². The fourth-order valence-electron chi connectivity index (χ4n) is 2.08. The van der Waals surface area contributed by atoms with Gasteiger partial charge in [0.2, 0.25) is 0 Å². The Kier molecular flexibility index (Phi) is 6.21. The van der Waals surface area contributed by atoms with E-state index in [1.165, 1.54) is 0 Å². The lowest BCUT2D eigenvalue weighted by atomic mass is 10.0. The topological polar surface area (TPSA) is 12.0 Å². The smallest absolute Gasteiger partial charge is 0.0514 e. The molecule has 0 unspecified atom stereocenters. The molecule has 0 aliphatic heterocycles. The van der Waals surface area contributed by atoms with Crippen molar-refractivity contribution in [1.29, 1.82) is 0 Å². The van der Waals surface area contributed by atoms with Gasteiger partial charge in [0.25, 0.3) is 0 Å². The molecule has 1 N–H and O–H groups in total. The number of hydrogen-bond acceptors (Lipinski definition) is 1. The van der Waals surface area contributed by atoms with Crippen molar-refractivity contribution in [2.75, 3.05) is 6.54 Å². The fraction of sp³-hybridized carbons (Fsp3) is 0.250. The fourth-order valence-corrected chi connectivity index (χ4v) is 3.40. The Bertz CT molecular complexity index is 617. The van der Waals surface area contributed by atoms with Crippen LogP contribution >= 0.6 is 46.4 Å². The van der Waals surface area contributed by atoms with Crippen molar-refractivity contribution in [3.63, 3.8) is 0 Å². The number of benzene rings is 2. The minimum Gasteiger partial charge on any atom is -0.313 e. The molecule has 2 aromatic carbocycles. The van der Waals surface area contributed by atoms with Gasteiger partial charge in [-0.2, -0.15) is 0 Å². The first-order chi connectivity index (χ1) is 10.0. The van der Waals surface area contributed by atoms with Crippen molar-refractivity contribution >= 4 is 46.4 Å². The number of rotatable bonds is 5. The van der Waals surface area contributed by atoms with Gasteiger partial charge >= 0.3 is 0 Å². The predicted octanol–water partition coefficient (Wildman–Crippen LogP) is 6.47. The molecule has 2 aromatic rings. The highest BCUT2D eigenvalue weighted by Gasteiger charge is 2.13. The van der Waals surface area contributed by atoms with E-state index in [1.807, 2.05) is 18.2 Å². The lowest BCUT2D eigenvalue weighted by Crippen LogP contribution is -2.13. The van der Waals surface area contributed by atoms with Gasteiger partial charge in [0, 0.05) is 27.7 Å². The summed E-state index contributed by atoms with van der Waals surface area (Å²) in [6.07, 6.45) is 1.10. The Labute approximate surface area is 145 Å². The van der Waals surface area contributed by atoms with Gasteiger partial charge in [-0.1, -0.05) is 65.5 Å². The summed E-state index contributed by atoms with van der Waals surface area (Å²) >= 11 is 24.8. The third-order valence-electron chi connectivity index (χ3n) is 3.07. The molecule has 0 aliphatic carbocycles. The molecule has 112 valence electrons. The third kappa shape index (κ3) is 4.28. The number of nitrogens with one attached hydrogen (secondary N) is 1. The van der Waals surface area contributed by atoms with Gasteiger partial charge in [0.1, 0.15) is 0 Å². The maximum Gasteiger partial charge on any atom is 0.0514 e. The Morgan fingerprint density at radius 3 is 2.14 bits per heavy atom. The molecule has 0 aromatic heterocycles. The van der Waals surface area contributed by atoms with Crippen LogP contribution in [0.25, 0.3) is 11.1 Å². The molecule has 5 heteroatoms. The van der Waals surface area contributed by atoms with Gasteiger partial charge in [0.05, 0.1) is 10.0 Å². The zero-order valence-electron chi connectivity index (χ0n) is 11.5. The second-order valence-electron chi connectivity index (χ2n) is 4.74. The van der Waals surface area contributed by atoms with Crippen LogP contribution in [0.2, 0.25) is 20.1 Å². The first-order valence-corrected chi connectivity index (χ1v) is 8.18. The largest absolute Gasteiger partial charge is 0.313 e. The van der Waals surface area contributed by atoms with Gasteiger partial charge in [-0.15, -0.1) is 0 Å². The van der Waals surface area contributed by atoms with E-state index in [1.54, 1.807) is 12.1 Å². The summed E-state index contributed by atoms with van der Waals surface area (Å²) in [6, 6.07) is 9.22. The van der Waals surface area contributed by atoms with E-state index in [-0.39, 0.29) is 0 Å². The lowest BCUT2D eigenvalue weighted by Gasteiger charge is -2.12. The van der Waals surface area contributed by atoms with Crippen LogP contribution in [0.3, 0.4) is 0 Å². The predicted molar refractivity (Wildman–Crippen MR) is 93.9 cm³/mol. The van der Waals surface area contributed by atoms with Crippen LogP contribution in [0.15, 0.2) is 30.3 Å². The highest BCUT2D eigenvalue weighted by atomic mass is 35.5. The van der Waals surface area contributed by atoms with Crippen molar-refractivity contribution in [3.8, 4) is 11.1 Å². The summed E-state index contributed by atoms with van der Waals surface area (Å²) in [5, 5.41) is 5.45. The van der Waals surface area contributed by atoms with E-state index in [0.717, 1.165) is 30.6 Å². The van der Waals surface area contributed by atoms with Gasteiger partial charge in [-0.05, 0) is 36.7 Å². The van der Waals surface area contributed by atoms with Crippen molar-refractivity contribution in [1.82, 2.24) is 5.32 Å². The van der Waals surface area contributed by atoms with Crippen molar-refractivity contribution in [2.45, 2.75) is 19.9 Å². The van der Waals surface area contributed by atoms with E-state index in [2.05, 4.69) is 12.2 Å². The molecule has 2 rings (SSSR count). The van der Waals surface area contributed by atoms with Gasteiger partial charge < -0.3 is 5.32 Å². The van der Waals surface area contributed by atoms with Gasteiger partial charge in [-0.3, -0.25) is 0 Å². The summed E-state index contributed by atoms with van der Waals surface area (Å²) in [5.74, 6) is 0. The number of halogens is 4. The SMILES string of the molecule is CCCNCc1ccc(-c2c(Cl)cc(Cl)cc2Cl)c(Cl)c1. The van der Waals surface area contributed by atoms with Crippen LogP contribution in [0.1, 0.15) is 18.9 Å². The Morgan fingerprint density at radius 1 is 0.905 bits per heavy atom. The van der Waals surface area contributed by atoms with E-state index in [0.29, 0.717) is 25.7 Å². The van der Waals surface area contributed by atoms with E-state index in [9.17, 15) is 0 Å². The average molecular weight is 363 g/mol. The summed E-state index contributed by atoms with van der Waals surface area (Å²) in [4.78, 5) is 0. The molecule has 0 saturated heterocycles. The highest BCUT2D eigenvalue weighted by molar-refractivity contribution is 6.43. The van der Waals surface area contributed by atoms with Crippen molar-refractivity contribution in [3.05, 3.63) is 56.0 Å². The molecule has 21 heavy (non-hydrogen) atoms. The standard InChI is InChI=1S/C16H15Cl4N/c1-2-5-21-9-10-3-4-12(13(18)6-10)16-14(19)7-11(17)8-15(16)20/h3-4,6-8,21H,2,5,9H2,1H3. The van der Waals surface area contributed by atoms with Crippen LogP contribution < -0.4 is 5.32 Å². The summed E-state index contributed by atoms with van der Waals surface area (Å²) in [7, 11) is 0. The summed E-state index contributed by atoms with van der Waals surface area (Å²) in [6.45, 7) is 3.90. The molecule has 0 amide bonds. The zero-order valence-corrected chi connectivity index (χ0v) is 14.5. The quantitative estimate of drug-likeness (QED) is 0.601. The molecular weight excluding hydrogens is 348 g/mol. The normalized spacial score (nSPS) is 10.9. The average Bonchev–Trinajstić information content (AvgIpc) is 2.40. The summed E-state index contributed by atoms with van der Waals surface area (Å²) in [5.41, 5.74) is 2.64. The Balaban J connectivity index is 2.33. The molecule has 0 bridgehead atoms. The maximum absolute atomic E-state index is 6.38. The molecule has 0 heterocycles. The minimum atomic E-state index is 0.492. The van der Waals surface area contributed by atoms with Crippen LogP contribution in [0.5, 0.6) is 0 Å². The van der Waals surface area contributed by atoms with E-state index >= 15 is 0 Å². The molecule has 1 nitrogen and oxygen atoms in total. The second-order valence-corrected chi connectivity index (χ2v) is 6.39. The molecule has 0 radical (unpaired) electrons.